The molecule has 94 valence electrons. The lowest BCUT2D eigenvalue weighted by Gasteiger charge is -2.12. The molecule has 1 aromatic rings. The van der Waals surface area contributed by atoms with Gasteiger partial charge in [0.05, 0.1) is 7.11 Å². The van der Waals surface area contributed by atoms with E-state index >= 15 is 0 Å². The van der Waals surface area contributed by atoms with E-state index in [9.17, 15) is 0 Å². The summed E-state index contributed by atoms with van der Waals surface area (Å²) in [5.74, 6) is 2.46. The van der Waals surface area contributed by atoms with Gasteiger partial charge in [0.15, 0.2) is 11.5 Å². The Morgan fingerprint density at radius 2 is 1.72 bits per heavy atom. The third kappa shape index (κ3) is 3.04. The fourth-order valence-corrected chi connectivity index (χ4v) is 1.87. The van der Waals surface area contributed by atoms with Crippen LogP contribution in [0.3, 0.4) is 0 Å². The van der Waals surface area contributed by atoms with Crippen LogP contribution in [0.2, 0.25) is 0 Å². The average Bonchev–Trinajstić information content (AvgIpc) is 2.51. The SMILES string of the molecule is COc1ccccc1OC1=CC(C)=CC=C(C)C1. The van der Waals surface area contributed by atoms with Crippen molar-refractivity contribution in [3.05, 3.63) is 59.4 Å². The molecule has 0 aliphatic heterocycles. The van der Waals surface area contributed by atoms with E-state index in [-0.39, 0.29) is 0 Å². The van der Waals surface area contributed by atoms with Crippen LogP contribution in [0.1, 0.15) is 20.3 Å². The Bertz CT molecular complexity index is 522. The molecule has 1 aromatic carbocycles. The number of benzene rings is 1. The van der Waals surface area contributed by atoms with Crippen molar-refractivity contribution in [3.8, 4) is 11.5 Å². The van der Waals surface area contributed by atoms with Crippen molar-refractivity contribution in [2.75, 3.05) is 7.11 Å². The smallest absolute Gasteiger partial charge is 0.168 e. The monoisotopic (exact) mass is 242 g/mol. The van der Waals surface area contributed by atoms with Gasteiger partial charge in [-0.2, -0.15) is 0 Å². The highest BCUT2D eigenvalue weighted by atomic mass is 16.5. The molecule has 18 heavy (non-hydrogen) atoms. The maximum Gasteiger partial charge on any atom is 0.168 e. The van der Waals surface area contributed by atoms with Crippen molar-refractivity contribution < 1.29 is 9.47 Å². The predicted octanol–water partition coefficient (Wildman–Crippen LogP) is 4.25. The van der Waals surface area contributed by atoms with Gasteiger partial charge in [0, 0.05) is 6.42 Å². The van der Waals surface area contributed by atoms with Gasteiger partial charge in [0.1, 0.15) is 5.76 Å². The predicted molar refractivity (Wildman–Crippen MR) is 73.8 cm³/mol. The summed E-state index contributed by atoms with van der Waals surface area (Å²) in [6.07, 6.45) is 7.13. The summed E-state index contributed by atoms with van der Waals surface area (Å²) in [6.45, 7) is 4.18. The van der Waals surface area contributed by atoms with Gasteiger partial charge in [-0.1, -0.05) is 29.9 Å². The normalized spacial score (nSPS) is 15.2. The molecular weight excluding hydrogens is 224 g/mol. The van der Waals surface area contributed by atoms with E-state index in [1.54, 1.807) is 7.11 Å². The maximum absolute atomic E-state index is 5.95. The lowest BCUT2D eigenvalue weighted by atomic mass is 10.2. The molecule has 0 aromatic heterocycles. The molecule has 0 saturated carbocycles. The topological polar surface area (TPSA) is 18.5 Å². The van der Waals surface area contributed by atoms with Gasteiger partial charge < -0.3 is 9.47 Å². The van der Waals surface area contributed by atoms with Crippen molar-refractivity contribution in [3.63, 3.8) is 0 Å². The lowest BCUT2D eigenvalue weighted by Crippen LogP contribution is -1.98. The highest BCUT2D eigenvalue weighted by Crippen LogP contribution is 2.30. The first-order chi connectivity index (χ1) is 8.69. The van der Waals surface area contributed by atoms with Gasteiger partial charge in [0.2, 0.25) is 0 Å². The quantitative estimate of drug-likeness (QED) is 0.788. The molecule has 0 spiro atoms. The van der Waals surface area contributed by atoms with Gasteiger partial charge in [0.25, 0.3) is 0 Å². The van der Waals surface area contributed by atoms with Crippen molar-refractivity contribution in [2.45, 2.75) is 20.3 Å². The first-order valence-electron chi connectivity index (χ1n) is 6.04. The summed E-state index contributed by atoms with van der Waals surface area (Å²) in [4.78, 5) is 0. The van der Waals surface area contributed by atoms with E-state index < -0.39 is 0 Å². The van der Waals surface area contributed by atoms with Crippen LogP contribution in [0, 0.1) is 0 Å². The van der Waals surface area contributed by atoms with Crippen LogP contribution in [-0.2, 0) is 0 Å². The van der Waals surface area contributed by atoms with Crippen molar-refractivity contribution in [1.29, 1.82) is 0 Å². The first-order valence-corrected chi connectivity index (χ1v) is 6.04. The second-order valence-corrected chi connectivity index (χ2v) is 4.46. The van der Waals surface area contributed by atoms with Gasteiger partial charge in [-0.25, -0.2) is 0 Å². The van der Waals surface area contributed by atoms with E-state index in [0.29, 0.717) is 0 Å². The Morgan fingerprint density at radius 3 is 2.44 bits per heavy atom. The molecule has 0 N–H and O–H groups in total. The number of ether oxygens (including phenoxy) is 2. The molecule has 0 fully saturated rings. The van der Waals surface area contributed by atoms with Crippen LogP contribution in [-0.4, -0.2) is 7.11 Å². The Hall–Kier alpha value is -1.96. The molecule has 0 heterocycles. The first kappa shape index (κ1) is 12.5. The van der Waals surface area contributed by atoms with E-state index in [2.05, 4.69) is 32.1 Å². The highest BCUT2D eigenvalue weighted by molar-refractivity contribution is 5.42. The van der Waals surface area contributed by atoms with E-state index in [4.69, 9.17) is 9.47 Å². The molecule has 2 rings (SSSR count). The van der Waals surface area contributed by atoms with Crippen LogP contribution in [0.25, 0.3) is 0 Å². The zero-order valence-electron chi connectivity index (χ0n) is 11.1. The third-order valence-corrected chi connectivity index (χ3v) is 2.78. The Balaban J connectivity index is 2.24. The van der Waals surface area contributed by atoms with E-state index in [0.717, 1.165) is 23.7 Å². The Labute approximate surface area is 108 Å². The minimum atomic E-state index is 0.755. The molecule has 0 radical (unpaired) electrons. The van der Waals surface area contributed by atoms with Crippen molar-refractivity contribution >= 4 is 0 Å². The fraction of sp³-hybridized carbons (Fsp3) is 0.250. The second kappa shape index (κ2) is 5.58. The summed E-state index contributed by atoms with van der Waals surface area (Å²) in [5.41, 5.74) is 2.48. The van der Waals surface area contributed by atoms with Gasteiger partial charge in [-0.15, -0.1) is 0 Å². The molecule has 0 atom stereocenters. The van der Waals surface area contributed by atoms with E-state index in [1.807, 2.05) is 24.3 Å². The van der Waals surface area contributed by atoms with Crippen molar-refractivity contribution in [1.82, 2.24) is 0 Å². The minimum Gasteiger partial charge on any atom is -0.493 e. The number of hydrogen-bond donors (Lipinski definition) is 0. The highest BCUT2D eigenvalue weighted by Gasteiger charge is 2.08. The molecule has 2 nitrogen and oxygen atoms in total. The summed E-state index contributed by atoms with van der Waals surface area (Å²) in [5, 5.41) is 0. The summed E-state index contributed by atoms with van der Waals surface area (Å²) in [6, 6.07) is 7.70. The number of hydrogen-bond acceptors (Lipinski definition) is 2. The second-order valence-electron chi connectivity index (χ2n) is 4.46. The summed E-state index contributed by atoms with van der Waals surface area (Å²) in [7, 11) is 1.65. The standard InChI is InChI=1S/C16H18O2/c1-12-8-9-13(2)11-14(10-12)18-16-7-5-4-6-15(16)17-3/h4-10H,11H2,1-3H3. The maximum atomic E-state index is 5.95. The molecule has 1 aliphatic rings. The van der Waals surface area contributed by atoms with Gasteiger partial charge in [-0.3, -0.25) is 0 Å². The zero-order valence-corrected chi connectivity index (χ0v) is 11.1. The Morgan fingerprint density at radius 1 is 1.00 bits per heavy atom. The number of methoxy groups -OCH3 is 1. The molecule has 0 bridgehead atoms. The largest absolute Gasteiger partial charge is 0.493 e. The molecule has 0 saturated heterocycles. The number of rotatable bonds is 3. The fourth-order valence-electron chi connectivity index (χ4n) is 1.87. The minimum absolute atomic E-state index is 0.755. The number of allylic oxidation sites excluding steroid dienone is 5. The van der Waals surface area contributed by atoms with Crippen LogP contribution < -0.4 is 9.47 Å². The molecule has 2 heteroatoms. The molecule has 0 unspecified atom stereocenters. The van der Waals surface area contributed by atoms with Crippen LogP contribution in [0.15, 0.2) is 59.4 Å². The summed E-state index contributed by atoms with van der Waals surface area (Å²) < 4.78 is 11.2. The van der Waals surface area contributed by atoms with Crippen molar-refractivity contribution in [2.24, 2.45) is 0 Å². The summed E-state index contributed by atoms with van der Waals surface area (Å²) >= 11 is 0. The molecule has 0 amide bonds. The van der Waals surface area contributed by atoms with E-state index in [1.165, 1.54) is 11.1 Å². The molecular formula is C16H18O2. The average molecular weight is 242 g/mol. The lowest BCUT2D eigenvalue weighted by molar-refractivity contribution is 0.355. The van der Waals surface area contributed by atoms with Crippen LogP contribution in [0.5, 0.6) is 11.5 Å². The zero-order chi connectivity index (χ0) is 13.0. The van der Waals surface area contributed by atoms with Crippen LogP contribution in [0.4, 0.5) is 0 Å². The van der Waals surface area contributed by atoms with Gasteiger partial charge >= 0.3 is 0 Å². The van der Waals surface area contributed by atoms with Crippen LogP contribution >= 0.6 is 0 Å². The number of para-hydroxylation sites is 2. The third-order valence-electron chi connectivity index (χ3n) is 2.78. The molecule has 1 aliphatic carbocycles. The Kier molecular flexibility index (Phi) is 3.88. The van der Waals surface area contributed by atoms with Gasteiger partial charge in [-0.05, 0) is 37.6 Å².